The molecule has 0 radical (unpaired) electrons. The third-order valence-corrected chi connectivity index (χ3v) is 2.76. The number of hydrogen-bond donors (Lipinski definition) is 1. The number of carbonyl (C=O) groups excluding carboxylic acids is 3. The summed E-state index contributed by atoms with van der Waals surface area (Å²) in [5.74, 6) is -0.754. The van der Waals surface area contributed by atoms with E-state index >= 15 is 0 Å². The number of hydrogen-bond acceptors (Lipinski definition) is 5. The number of carbonyl (C=O) groups is 3. The number of nitrogens with one attached hydrogen (secondary N) is 1. The molecular weight excluding hydrogens is 262 g/mol. The Morgan fingerprint density at radius 1 is 1.55 bits per heavy atom. The maximum Gasteiger partial charge on any atom is 0.333 e. The first-order valence-corrected chi connectivity index (χ1v) is 6.29. The van der Waals surface area contributed by atoms with Gasteiger partial charge in [0.2, 0.25) is 0 Å². The third kappa shape index (κ3) is 4.97. The van der Waals surface area contributed by atoms with E-state index in [1.807, 2.05) is 13.8 Å². The molecule has 0 aliphatic carbocycles. The smallest absolute Gasteiger partial charge is 0.333 e. The van der Waals surface area contributed by atoms with Crippen molar-refractivity contribution < 1.29 is 23.9 Å². The van der Waals surface area contributed by atoms with Crippen LogP contribution < -0.4 is 5.32 Å². The van der Waals surface area contributed by atoms with Gasteiger partial charge in [-0.15, -0.1) is 0 Å². The fourth-order valence-corrected chi connectivity index (χ4v) is 1.54. The monoisotopic (exact) mass is 281 g/mol. The number of methoxy groups -OCH3 is 1. The normalized spacial score (nSPS) is 19.8. The van der Waals surface area contributed by atoms with E-state index in [-0.39, 0.29) is 29.8 Å². The van der Waals surface area contributed by atoms with Crippen LogP contribution in [0.3, 0.4) is 0 Å². The molecule has 2 heterocycles. The van der Waals surface area contributed by atoms with Gasteiger partial charge in [0.1, 0.15) is 0 Å². The zero-order valence-corrected chi connectivity index (χ0v) is 11.9. The molecule has 0 aromatic rings. The summed E-state index contributed by atoms with van der Waals surface area (Å²) in [6, 6.07) is 0. The summed E-state index contributed by atoms with van der Waals surface area (Å²) < 4.78 is 9.35. The van der Waals surface area contributed by atoms with Crippen LogP contribution >= 0.6 is 0 Å². The first-order chi connectivity index (χ1) is 9.35. The second kappa shape index (κ2) is 7.00. The SMILES string of the molecule is C=C(CC1CO1)C(=O)OC.CC(C)C1=CC(=O)NC1=O. The highest BCUT2D eigenvalue weighted by molar-refractivity contribution is 6.16. The van der Waals surface area contributed by atoms with Gasteiger partial charge in [0.25, 0.3) is 11.8 Å². The molecule has 0 bridgehead atoms. The van der Waals surface area contributed by atoms with E-state index in [4.69, 9.17) is 4.74 Å². The van der Waals surface area contributed by atoms with E-state index in [1.165, 1.54) is 13.2 Å². The zero-order valence-electron chi connectivity index (χ0n) is 11.9. The molecule has 0 aromatic heterocycles. The number of amides is 2. The highest BCUT2D eigenvalue weighted by atomic mass is 16.6. The lowest BCUT2D eigenvalue weighted by atomic mass is 10.0. The summed E-state index contributed by atoms with van der Waals surface area (Å²) in [4.78, 5) is 32.1. The Balaban J connectivity index is 0.000000200. The van der Waals surface area contributed by atoms with Gasteiger partial charge in [-0.05, 0) is 5.92 Å². The molecule has 2 aliphatic rings. The molecule has 110 valence electrons. The van der Waals surface area contributed by atoms with Crippen molar-refractivity contribution in [3.05, 3.63) is 23.8 Å². The Morgan fingerprint density at radius 3 is 2.45 bits per heavy atom. The molecule has 1 N–H and O–H groups in total. The molecule has 1 unspecified atom stereocenters. The van der Waals surface area contributed by atoms with Crippen LogP contribution in [0.5, 0.6) is 0 Å². The second-order valence-corrected chi connectivity index (χ2v) is 4.83. The molecule has 0 aromatic carbocycles. The van der Waals surface area contributed by atoms with Crippen molar-refractivity contribution in [2.24, 2.45) is 5.92 Å². The quantitative estimate of drug-likeness (QED) is 0.355. The van der Waals surface area contributed by atoms with Crippen molar-refractivity contribution in [3.8, 4) is 0 Å². The Hall–Kier alpha value is -1.95. The van der Waals surface area contributed by atoms with Crippen molar-refractivity contribution >= 4 is 17.8 Å². The minimum absolute atomic E-state index is 0.131. The van der Waals surface area contributed by atoms with Gasteiger partial charge in [-0.3, -0.25) is 14.9 Å². The van der Waals surface area contributed by atoms with E-state index < -0.39 is 0 Å². The summed E-state index contributed by atoms with van der Waals surface area (Å²) in [5.41, 5.74) is 1.06. The molecule has 6 nitrogen and oxygen atoms in total. The first-order valence-electron chi connectivity index (χ1n) is 6.29. The third-order valence-electron chi connectivity index (χ3n) is 2.76. The largest absolute Gasteiger partial charge is 0.466 e. The average Bonchev–Trinajstić information content (AvgIpc) is 3.12. The predicted octanol–water partition coefficient (Wildman–Crippen LogP) is 0.730. The maximum absolute atomic E-state index is 10.8. The number of esters is 1. The van der Waals surface area contributed by atoms with Gasteiger partial charge in [-0.1, -0.05) is 20.4 Å². The number of imide groups is 1. The molecule has 0 spiro atoms. The van der Waals surface area contributed by atoms with Crippen molar-refractivity contribution in [2.45, 2.75) is 26.4 Å². The van der Waals surface area contributed by atoms with Crippen LogP contribution in [0.15, 0.2) is 23.8 Å². The molecule has 2 amide bonds. The van der Waals surface area contributed by atoms with E-state index in [0.29, 0.717) is 17.6 Å². The molecule has 20 heavy (non-hydrogen) atoms. The van der Waals surface area contributed by atoms with Crippen LogP contribution in [-0.4, -0.2) is 37.6 Å². The van der Waals surface area contributed by atoms with Gasteiger partial charge in [0.05, 0.1) is 19.8 Å². The second-order valence-electron chi connectivity index (χ2n) is 4.83. The van der Waals surface area contributed by atoms with Gasteiger partial charge in [0.15, 0.2) is 0 Å². The van der Waals surface area contributed by atoms with Crippen LogP contribution in [0.1, 0.15) is 20.3 Å². The Kier molecular flexibility index (Phi) is 5.64. The predicted molar refractivity (Wildman–Crippen MR) is 71.6 cm³/mol. The van der Waals surface area contributed by atoms with Crippen LogP contribution in [0.2, 0.25) is 0 Å². The van der Waals surface area contributed by atoms with E-state index in [0.717, 1.165) is 6.61 Å². The van der Waals surface area contributed by atoms with Crippen LogP contribution in [0.4, 0.5) is 0 Å². The van der Waals surface area contributed by atoms with E-state index in [1.54, 1.807) is 0 Å². The minimum Gasteiger partial charge on any atom is -0.466 e. The molecule has 1 fully saturated rings. The standard InChI is InChI=1S/C7H9NO2.C7H10O3/c1-4(2)5-3-6(9)8-7(5)10;1-5(7(8)9-2)3-6-4-10-6/h3-4H,1-2H3,(H,8,9,10);6H,1,3-4H2,2H3. The van der Waals surface area contributed by atoms with Crippen molar-refractivity contribution in [1.82, 2.24) is 5.32 Å². The van der Waals surface area contributed by atoms with Crippen molar-refractivity contribution in [1.29, 1.82) is 0 Å². The van der Waals surface area contributed by atoms with Crippen LogP contribution in [0, 0.1) is 5.92 Å². The lowest BCUT2D eigenvalue weighted by Gasteiger charge is -2.00. The van der Waals surface area contributed by atoms with Gasteiger partial charge in [0, 0.05) is 23.6 Å². The Bertz CT molecular complexity index is 460. The molecule has 1 atom stereocenters. The fraction of sp³-hybridized carbons (Fsp3) is 0.500. The number of rotatable bonds is 4. The van der Waals surface area contributed by atoms with Crippen LogP contribution in [-0.2, 0) is 23.9 Å². The summed E-state index contributed by atoms with van der Waals surface area (Å²) in [6.07, 6.45) is 2.17. The Labute approximate surface area is 117 Å². The van der Waals surface area contributed by atoms with Crippen molar-refractivity contribution in [2.75, 3.05) is 13.7 Å². The van der Waals surface area contributed by atoms with Gasteiger partial charge in [-0.2, -0.15) is 0 Å². The van der Waals surface area contributed by atoms with Gasteiger partial charge >= 0.3 is 5.97 Å². The molecule has 6 heteroatoms. The molecule has 0 saturated carbocycles. The topological polar surface area (TPSA) is 85.0 Å². The van der Waals surface area contributed by atoms with Crippen LogP contribution in [0.25, 0.3) is 0 Å². The molecular formula is C14H19NO5. The van der Waals surface area contributed by atoms with Gasteiger partial charge < -0.3 is 9.47 Å². The lowest BCUT2D eigenvalue weighted by Crippen LogP contribution is -2.23. The molecule has 1 saturated heterocycles. The Morgan fingerprint density at radius 2 is 2.15 bits per heavy atom. The minimum atomic E-state index is -0.337. The van der Waals surface area contributed by atoms with Crippen molar-refractivity contribution in [3.63, 3.8) is 0 Å². The highest BCUT2D eigenvalue weighted by Gasteiger charge is 2.25. The molecule has 2 rings (SSSR count). The van der Waals surface area contributed by atoms with E-state index in [2.05, 4.69) is 16.6 Å². The van der Waals surface area contributed by atoms with Gasteiger partial charge in [-0.25, -0.2) is 4.79 Å². The fourth-order valence-electron chi connectivity index (χ4n) is 1.54. The average molecular weight is 281 g/mol. The highest BCUT2D eigenvalue weighted by Crippen LogP contribution is 2.18. The van der Waals surface area contributed by atoms with E-state index in [9.17, 15) is 14.4 Å². The summed E-state index contributed by atoms with van der Waals surface area (Å²) in [6.45, 7) is 8.06. The summed E-state index contributed by atoms with van der Waals surface area (Å²) >= 11 is 0. The maximum atomic E-state index is 10.8. The number of ether oxygens (including phenoxy) is 2. The molecule has 2 aliphatic heterocycles. The zero-order chi connectivity index (χ0) is 15.3. The summed E-state index contributed by atoms with van der Waals surface area (Å²) in [5, 5.41) is 2.18. The lowest BCUT2D eigenvalue weighted by molar-refractivity contribution is -0.136. The number of epoxide rings is 1. The first kappa shape index (κ1) is 16.1. The summed E-state index contributed by atoms with van der Waals surface area (Å²) in [7, 11) is 1.35.